The summed E-state index contributed by atoms with van der Waals surface area (Å²) in [5.41, 5.74) is 0. The van der Waals surface area contributed by atoms with Crippen molar-refractivity contribution in [3.8, 4) is 0 Å². The zero-order valence-corrected chi connectivity index (χ0v) is 12.5. The average molecular weight is 298 g/mol. The molecule has 1 aliphatic heterocycles. The van der Waals surface area contributed by atoms with E-state index in [-0.39, 0.29) is 23.8 Å². The summed E-state index contributed by atoms with van der Waals surface area (Å²) in [6.45, 7) is 3.62. The van der Waals surface area contributed by atoms with Crippen LogP contribution < -0.4 is 5.32 Å². The van der Waals surface area contributed by atoms with E-state index in [1.807, 2.05) is 13.8 Å². The second-order valence-corrected chi connectivity index (χ2v) is 6.11. The molecule has 118 valence electrons. The maximum atomic E-state index is 12.7. The van der Waals surface area contributed by atoms with Gasteiger partial charge in [0, 0.05) is 6.04 Å². The number of amides is 2. The Balaban J connectivity index is 2.19. The third kappa shape index (κ3) is 2.82. The number of nitrogens with zero attached hydrogens (tertiary/aromatic N) is 1. The Morgan fingerprint density at radius 2 is 1.95 bits per heavy atom. The highest BCUT2D eigenvalue weighted by atomic mass is 16.5. The summed E-state index contributed by atoms with van der Waals surface area (Å²) in [6.07, 6.45) is 1.75. The van der Waals surface area contributed by atoms with E-state index in [2.05, 4.69) is 10.1 Å². The third-order valence-electron chi connectivity index (χ3n) is 4.48. The van der Waals surface area contributed by atoms with Gasteiger partial charge in [0.25, 0.3) is 0 Å². The van der Waals surface area contributed by atoms with Crippen molar-refractivity contribution in [1.82, 2.24) is 10.2 Å². The number of alkyl carbamates (subject to hydrolysis) is 1. The number of carbonyl (C=O) groups is 3. The van der Waals surface area contributed by atoms with Gasteiger partial charge >= 0.3 is 12.1 Å². The van der Waals surface area contributed by atoms with Crippen LogP contribution in [0.25, 0.3) is 0 Å². The second kappa shape index (κ2) is 5.91. The summed E-state index contributed by atoms with van der Waals surface area (Å²) in [5, 5.41) is 11.9. The number of carboxylic acids is 1. The summed E-state index contributed by atoms with van der Waals surface area (Å²) in [7, 11) is 1.23. The number of hydrogen-bond donors (Lipinski definition) is 2. The molecule has 1 saturated carbocycles. The van der Waals surface area contributed by atoms with Crippen molar-refractivity contribution < 1.29 is 24.2 Å². The first kappa shape index (κ1) is 15.6. The highest BCUT2D eigenvalue weighted by Gasteiger charge is 2.52. The zero-order valence-electron chi connectivity index (χ0n) is 12.5. The number of fused-ring (bicyclic) bond motifs is 2. The van der Waals surface area contributed by atoms with Gasteiger partial charge in [0.05, 0.1) is 7.11 Å². The van der Waals surface area contributed by atoms with Crippen molar-refractivity contribution in [3.63, 3.8) is 0 Å². The van der Waals surface area contributed by atoms with Gasteiger partial charge < -0.3 is 20.1 Å². The molecule has 4 atom stereocenters. The lowest BCUT2D eigenvalue weighted by molar-refractivity contribution is -0.153. The molecular weight excluding hydrogens is 276 g/mol. The molecule has 0 unspecified atom stereocenters. The Morgan fingerprint density at radius 1 is 1.29 bits per heavy atom. The highest BCUT2D eigenvalue weighted by molar-refractivity contribution is 5.90. The highest BCUT2D eigenvalue weighted by Crippen LogP contribution is 2.43. The van der Waals surface area contributed by atoms with Gasteiger partial charge in [0.15, 0.2) is 0 Å². The van der Waals surface area contributed by atoms with E-state index in [0.717, 1.165) is 19.3 Å². The number of methoxy groups -OCH3 is 1. The molecule has 2 aliphatic rings. The molecule has 2 N–H and O–H groups in total. The summed E-state index contributed by atoms with van der Waals surface area (Å²) < 4.78 is 4.54. The molecule has 7 nitrogen and oxygen atoms in total. The third-order valence-corrected chi connectivity index (χ3v) is 4.48. The van der Waals surface area contributed by atoms with Gasteiger partial charge in [0.1, 0.15) is 12.1 Å². The van der Waals surface area contributed by atoms with Gasteiger partial charge in [0.2, 0.25) is 5.91 Å². The summed E-state index contributed by atoms with van der Waals surface area (Å²) in [5.74, 6) is -1.40. The van der Waals surface area contributed by atoms with E-state index in [0.29, 0.717) is 0 Å². The normalized spacial score (nSPS) is 28.6. The van der Waals surface area contributed by atoms with E-state index in [4.69, 9.17) is 0 Å². The molecule has 2 amide bonds. The monoisotopic (exact) mass is 298 g/mol. The second-order valence-electron chi connectivity index (χ2n) is 6.11. The van der Waals surface area contributed by atoms with Crippen molar-refractivity contribution in [2.75, 3.05) is 7.11 Å². The quantitative estimate of drug-likeness (QED) is 0.801. The molecule has 1 heterocycles. The maximum Gasteiger partial charge on any atom is 0.407 e. The van der Waals surface area contributed by atoms with E-state index in [9.17, 15) is 19.5 Å². The molecule has 0 aromatic rings. The van der Waals surface area contributed by atoms with Crippen molar-refractivity contribution >= 4 is 18.0 Å². The Hall–Kier alpha value is -1.79. The fourth-order valence-corrected chi connectivity index (χ4v) is 3.48. The van der Waals surface area contributed by atoms with Crippen LogP contribution in [-0.4, -0.2) is 53.2 Å². The summed E-state index contributed by atoms with van der Waals surface area (Å²) in [6, 6.07) is -1.56. The van der Waals surface area contributed by atoms with Crippen molar-refractivity contribution in [2.45, 2.75) is 51.2 Å². The molecule has 2 fully saturated rings. The first-order valence-corrected chi connectivity index (χ1v) is 7.26. The van der Waals surface area contributed by atoms with Gasteiger partial charge in [-0.15, -0.1) is 0 Å². The van der Waals surface area contributed by atoms with Crippen molar-refractivity contribution in [1.29, 1.82) is 0 Å². The van der Waals surface area contributed by atoms with Crippen LogP contribution in [0.1, 0.15) is 33.1 Å². The molecule has 1 saturated heterocycles. The molecular formula is C14H22N2O5. The van der Waals surface area contributed by atoms with Gasteiger partial charge in [-0.25, -0.2) is 9.59 Å². The first-order chi connectivity index (χ1) is 9.86. The largest absolute Gasteiger partial charge is 0.480 e. The molecule has 0 radical (unpaired) electrons. The lowest BCUT2D eigenvalue weighted by Gasteiger charge is -2.36. The SMILES string of the molecule is COC(=O)N[C@H](C(=O)N1[C@@H]2CC[C@@H](C2)[C@H]1C(=O)O)C(C)C. The van der Waals surface area contributed by atoms with Gasteiger partial charge in [-0.2, -0.15) is 0 Å². The Morgan fingerprint density at radius 3 is 2.48 bits per heavy atom. The van der Waals surface area contributed by atoms with Gasteiger partial charge in [-0.05, 0) is 31.1 Å². The van der Waals surface area contributed by atoms with Crippen LogP contribution in [0, 0.1) is 11.8 Å². The fourth-order valence-electron chi connectivity index (χ4n) is 3.48. The molecule has 21 heavy (non-hydrogen) atoms. The number of rotatable bonds is 4. The van der Waals surface area contributed by atoms with Gasteiger partial charge in [-0.1, -0.05) is 13.8 Å². The summed E-state index contributed by atoms with van der Waals surface area (Å²) in [4.78, 5) is 37.1. The van der Waals surface area contributed by atoms with Crippen molar-refractivity contribution in [2.24, 2.45) is 11.8 Å². The molecule has 1 aliphatic carbocycles. The molecule has 2 rings (SSSR count). The van der Waals surface area contributed by atoms with Crippen LogP contribution in [0.3, 0.4) is 0 Å². The molecule has 2 bridgehead atoms. The molecule has 0 aromatic heterocycles. The number of aliphatic carboxylic acids is 1. The van der Waals surface area contributed by atoms with Crippen LogP contribution >= 0.6 is 0 Å². The molecule has 0 spiro atoms. The number of carbonyl (C=O) groups excluding carboxylic acids is 2. The van der Waals surface area contributed by atoms with E-state index in [1.165, 1.54) is 12.0 Å². The van der Waals surface area contributed by atoms with Crippen LogP contribution in [0.15, 0.2) is 0 Å². The van der Waals surface area contributed by atoms with Crippen LogP contribution in [-0.2, 0) is 14.3 Å². The lowest BCUT2D eigenvalue weighted by atomic mass is 9.96. The smallest absolute Gasteiger partial charge is 0.407 e. The zero-order chi connectivity index (χ0) is 15.7. The molecule has 0 aromatic carbocycles. The fraction of sp³-hybridized carbons (Fsp3) is 0.786. The number of likely N-dealkylation sites (tertiary alicyclic amines) is 1. The van der Waals surface area contributed by atoms with Gasteiger partial charge in [-0.3, -0.25) is 4.79 Å². The Kier molecular flexibility index (Phi) is 4.39. The number of nitrogens with one attached hydrogen (secondary N) is 1. The predicted molar refractivity (Wildman–Crippen MR) is 73.6 cm³/mol. The topological polar surface area (TPSA) is 95.9 Å². The molecule has 7 heteroatoms. The van der Waals surface area contributed by atoms with Crippen LogP contribution in [0.5, 0.6) is 0 Å². The number of piperidine rings is 1. The van der Waals surface area contributed by atoms with E-state index in [1.54, 1.807) is 0 Å². The summed E-state index contributed by atoms with van der Waals surface area (Å²) >= 11 is 0. The number of ether oxygens (including phenoxy) is 1. The standard InChI is InChI=1S/C14H22N2O5/c1-7(2)10(15-14(20)21-3)12(17)16-9-5-4-8(6-9)11(16)13(18)19/h7-11H,4-6H2,1-3H3,(H,15,20)(H,18,19)/t8-,9+,10-,11-/m0/s1. The Labute approximate surface area is 123 Å². The van der Waals surface area contributed by atoms with Crippen molar-refractivity contribution in [3.05, 3.63) is 0 Å². The van der Waals surface area contributed by atoms with E-state index < -0.39 is 24.1 Å². The first-order valence-electron chi connectivity index (χ1n) is 7.26. The minimum atomic E-state index is -0.962. The van der Waals surface area contributed by atoms with Crippen LogP contribution in [0.4, 0.5) is 4.79 Å². The van der Waals surface area contributed by atoms with E-state index >= 15 is 0 Å². The Bertz CT molecular complexity index is 451. The lowest BCUT2D eigenvalue weighted by Crippen LogP contribution is -2.57. The minimum Gasteiger partial charge on any atom is -0.480 e. The maximum absolute atomic E-state index is 12.7. The number of carboxylic acid groups (broad SMARTS) is 1. The number of hydrogen-bond acceptors (Lipinski definition) is 4. The van der Waals surface area contributed by atoms with Crippen LogP contribution in [0.2, 0.25) is 0 Å². The predicted octanol–water partition coefficient (Wildman–Crippen LogP) is 0.831. The average Bonchev–Trinajstić information content (AvgIpc) is 3.03. The minimum absolute atomic E-state index is 0.0238.